The molecule has 4 aromatic rings. The van der Waals surface area contributed by atoms with Crippen molar-refractivity contribution in [1.29, 1.82) is 0 Å². The number of benzene rings is 4. The van der Waals surface area contributed by atoms with Crippen LogP contribution in [0.1, 0.15) is 27.0 Å². The minimum absolute atomic E-state index is 0.0238. The molecule has 0 unspecified atom stereocenters. The summed E-state index contributed by atoms with van der Waals surface area (Å²) in [4.78, 5) is 31.2. The van der Waals surface area contributed by atoms with E-state index in [0.29, 0.717) is 32.5 Å². The van der Waals surface area contributed by atoms with Crippen molar-refractivity contribution in [1.82, 2.24) is 0 Å². The second-order valence-electron chi connectivity index (χ2n) is 9.18. The number of amides is 2. The summed E-state index contributed by atoms with van der Waals surface area (Å²) < 4.78 is 41.1. The molecule has 1 spiro atoms. The van der Waals surface area contributed by atoms with Gasteiger partial charge in [-0.3, -0.25) is 14.5 Å². The molecule has 4 aromatic carbocycles. The Labute approximate surface area is 231 Å². The second-order valence-corrected chi connectivity index (χ2v) is 9.99. The largest absolute Gasteiger partial charge is 0.416 e. The van der Waals surface area contributed by atoms with Crippen molar-refractivity contribution in [2.24, 2.45) is 0 Å². The minimum Gasteiger partial charge on any atom is -0.350 e. The number of hydrogen-bond donors (Lipinski definition) is 1. The molecule has 0 saturated carbocycles. The second kappa shape index (κ2) is 9.03. The number of para-hydroxylation sites is 2. The number of nitrogens with zero attached hydrogens (tertiary/aromatic N) is 2. The summed E-state index contributed by atoms with van der Waals surface area (Å²) in [6, 6.07) is 22.8. The highest BCUT2D eigenvalue weighted by Crippen LogP contribution is 2.50. The maximum absolute atomic E-state index is 14.5. The fourth-order valence-electron chi connectivity index (χ4n) is 5.20. The van der Waals surface area contributed by atoms with Gasteiger partial charge in [-0.2, -0.15) is 13.2 Å². The predicted molar refractivity (Wildman–Crippen MR) is 144 cm³/mol. The van der Waals surface area contributed by atoms with Gasteiger partial charge in [-0.1, -0.05) is 65.7 Å². The predicted octanol–water partition coefficient (Wildman–Crippen LogP) is 7.48. The average Bonchev–Trinajstić information content (AvgIpc) is 3.13. The fourth-order valence-corrected chi connectivity index (χ4v) is 5.72. The van der Waals surface area contributed by atoms with Gasteiger partial charge in [-0.25, -0.2) is 0 Å². The summed E-state index contributed by atoms with van der Waals surface area (Å²) in [6.45, 7) is -0.0238. The number of hydrogen-bond acceptors (Lipinski definition) is 3. The Kier molecular flexibility index (Phi) is 5.86. The van der Waals surface area contributed by atoms with E-state index in [9.17, 15) is 22.8 Å². The molecule has 2 aliphatic rings. The molecular weight excluding hydrogens is 550 g/mol. The maximum atomic E-state index is 14.5. The van der Waals surface area contributed by atoms with E-state index in [1.54, 1.807) is 66.7 Å². The maximum Gasteiger partial charge on any atom is 0.416 e. The molecule has 0 fully saturated rings. The lowest BCUT2D eigenvalue weighted by Gasteiger charge is -2.45. The Morgan fingerprint density at radius 3 is 2.23 bits per heavy atom. The molecule has 196 valence electrons. The van der Waals surface area contributed by atoms with Crippen LogP contribution >= 0.6 is 23.2 Å². The Bertz CT molecular complexity index is 1640. The van der Waals surface area contributed by atoms with E-state index < -0.39 is 29.2 Å². The van der Waals surface area contributed by atoms with Crippen LogP contribution in [0.3, 0.4) is 0 Å². The number of rotatable bonds is 3. The van der Waals surface area contributed by atoms with E-state index >= 15 is 0 Å². The van der Waals surface area contributed by atoms with Crippen LogP contribution in [0.4, 0.5) is 30.2 Å². The molecule has 5 nitrogen and oxygen atoms in total. The van der Waals surface area contributed by atoms with Gasteiger partial charge in [0.1, 0.15) is 0 Å². The van der Waals surface area contributed by atoms with Crippen LogP contribution in [0.2, 0.25) is 10.0 Å². The topological polar surface area (TPSA) is 52.7 Å². The van der Waals surface area contributed by atoms with Crippen LogP contribution in [-0.4, -0.2) is 11.8 Å². The highest BCUT2D eigenvalue weighted by atomic mass is 35.5. The fraction of sp³-hybridized carbons (Fsp3) is 0.103. The number of carbonyl (C=O) groups excluding carboxylic acids is 2. The molecule has 1 atom stereocenters. The molecule has 1 N–H and O–H groups in total. The number of alkyl halides is 3. The lowest BCUT2D eigenvalue weighted by atomic mass is 9.92. The molecule has 0 bridgehead atoms. The average molecular weight is 568 g/mol. The lowest BCUT2D eigenvalue weighted by molar-refractivity contribution is -0.137. The standard InChI is InChI=1S/C29H18Cl2F3N3O2/c30-22-11-6-12-23(31)20(22)16-36-25-14-4-2-10-21(25)28(27(36)39)35-24-13-3-1-9-19(24)26(38)37(28)18-8-5-7-17(15-18)29(32,33)34/h1-15,35H,16H2/t28-/m1/s1. The van der Waals surface area contributed by atoms with Crippen LogP contribution in [0.5, 0.6) is 0 Å². The Morgan fingerprint density at radius 1 is 0.821 bits per heavy atom. The van der Waals surface area contributed by atoms with Gasteiger partial charge in [0.05, 0.1) is 23.4 Å². The van der Waals surface area contributed by atoms with E-state index in [2.05, 4.69) is 5.32 Å². The number of anilines is 3. The molecule has 10 heteroatoms. The Hall–Kier alpha value is -4.01. The van der Waals surface area contributed by atoms with E-state index in [-0.39, 0.29) is 17.8 Å². The van der Waals surface area contributed by atoms with Crippen molar-refractivity contribution in [2.45, 2.75) is 18.4 Å². The highest BCUT2D eigenvalue weighted by Gasteiger charge is 2.60. The number of nitrogens with one attached hydrogen (secondary N) is 1. The van der Waals surface area contributed by atoms with Gasteiger partial charge in [-0.05, 0) is 48.5 Å². The zero-order chi connectivity index (χ0) is 27.5. The first kappa shape index (κ1) is 25.3. The summed E-state index contributed by atoms with van der Waals surface area (Å²) in [5.74, 6) is -1.19. The molecule has 0 saturated heterocycles. The third-order valence-corrected chi connectivity index (χ3v) is 7.67. The van der Waals surface area contributed by atoms with E-state index in [4.69, 9.17) is 23.2 Å². The van der Waals surface area contributed by atoms with Crippen molar-refractivity contribution in [3.63, 3.8) is 0 Å². The van der Waals surface area contributed by atoms with E-state index in [1.807, 2.05) is 0 Å². The van der Waals surface area contributed by atoms with Gasteiger partial charge >= 0.3 is 6.18 Å². The molecule has 0 aliphatic carbocycles. The highest BCUT2D eigenvalue weighted by molar-refractivity contribution is 6.36. The van der Waals surface area contributed by atoms with Crippen LogP contribution < -0.4 is 15.1 Å². The number of fused-ring (bicyclic) bond motifs is 3. The molecule has 2 aliphatic heterocycles. The molecule has 2 heterocycles. The van der Waals surface area contributed by atoms with Crippen molar-refractivity contribution in [3.05, 3.63) is 123 Å². The zero-order valence-corrected chi connectivity index (χ0v) is 21.5. The summed E-state index contributed by atoms with van der Waals surface area (Å²) in [5, 5.41) is 3.92. The molecule has 39 heavy (non-hydrogen) atoms. The van der Waals surface area contributed by atoms with Gasteiger partial charge in [-0.15, -0.1) is 0 Å². The monoisotopic (exact) mass is 567 g/mol. The lowest BCUT2D eigenvalue weighted by Crippen LogP contribution is -2.63. The van der Waals surface area contributed by atoms with Crippen molar-refractivity contribution < 1.29 is 22.8 Å². The smallest absolute Gasteiger partial charge is 0.350 e. The minimum atomic E-state index is -4.65. The molecular formula is C29H18Cl2F3N3O2. The van der Waals surface area contributed by atoms with Gasteiger partial charge in [0, 0.05) is 32.5 Å². The van der Waals surface area contributed by atoms with Crippen molar-refractivity contribution in [2.75, 3.05) is 15.1 Å². The van der Waals surface area contributed by atoms with Crippen LogP contribution in [0.25, 0.3) is 0 Å². The van der Waals surface area contributed by atoms with E-state index in [0.717, 1.165) is 17.0 Å². The molecule has 0 aromatic heterocycles. The van der Waals surface area contributed by atoms with Gasteiger partial charge in [0.2, 0.25) is 5.66 Å². The summed E-state index contributed by atoms with van der Waals surface area (Å²) >= 11 is 12.9. The first-order valence-corrected chi connectivity index (χ1v) is 12.6. The third kappa shape index (κ3) is 3.85. The third-order valence-electron chi connectivity index (χ3n) is 6.96. The first-order chi connectivity index (χ1) is 18.6. The Balaban J connectivity index is 1.59. The van der Waals surface area contributed by atoms with Crippen LogP contribution in [-0.2, 0) is 23.2 Å². The van der Waals surface area contributed by atoms with Gasteiger partial charge < -0.3 is 10.2 Å². The van der Waals surface area contributed by atoms with Crippen molar-refractivity contribution in [3.8, 4) is 0 Å². The molecule has 6 rings (SSSR count). The Morgan fingerprint density at radius 2 is 1.49 bits per heavy atom. The van der Waals surface area contributed by atoms with Gasteiger partial charge in [0.25, 0.3) is 11.8 Å². The molecule has 2 amide bonds. The normalized spacial score (nSPS) is 18.3. The van der Waals surface area contributed by atoms with Crippen LogP contribution in [0, 0.1) is 0 Å². The quantitative estimate of drug-likeness (QED) is 0.279. The summed E-state index contributed by atoms with van der Waals surface area (Å²) in [5.41, 5.74) is -0.939. The number of carbonyl (C=O) groups is 2. The number of halogens is 5. The summed E-state index contributed by atoms with van der Waals surface area (Å²) in [7, 11) is 0. The zero-order valence-electron chi connectivity index (χ0n) is 20.0. The van der Waals surface area contributed by atoms with E-state index in [1.165, 1.54) is 17.0 Å². The van der Waals surface area contributed by atoms with Crippen LogP contribution in [0.15, 0.2) is 91.0 Å². The van der Waals surface area contributed by atoms with Crippen molar-refractivity contribution >= 4 is 52.1 Å². The first-order valence-electron chi connectivity index (χ1n) is 11.9. The molecule has 0 radical (unpaired) electrons. The summed E-state index contributed by atoms with van der Waals surface area (Å²) in [6.07, 6.45) is -4.65. The van der Waals surface area contributed by atoms with Gasteiger partial charge in [0.15, 0.2) is 0 Å². The SMILES string of the molecule is O=C1c2ccccc2N[C@@]2(C(=O)N(Cc3c(Cl)cccc3Cl)c3ccccc32)N1c1cccc(C(F)(F)F)c1.